The quantitative estimate of drug-likeness (QED) is 0.620. The Labute approximate surface area is 168 Å². The molecule has 1 heterocycles. The second kappa shape index (κ2) is 8.08. The van der Waals surface area contributed by atoms with Gasteiger partial charge >= 0.3 is 5.63 Å². The number of hydrogen-bond acceptors (Lipinski definition) is 6. The highest BCUT2D eigenvalue weighted by Gasteiger charge is 2.15. The molecule has 8 heteroatoms. The number of carbonyl (C=O) groups excluding carboxylic acids is 1. The number of sulfone groups is 1. The fourth-order valence-electron chi connectivity index (χ4n) is 2.96. The largest absolute Gasteiger partial charge is 0.484 e. The van der Waals surface area contributed by atoms with Crippen LogP contribution in [0.25, 0.3) is 11.0 Å². The Kier molecular flexibility index (Phi) is 5.74. The number of hydrogen-bond donors (Lipinski definition) is 1. The van der Waals surface area contributed by atoms with Crippen LogP contribution in [0.3, 0.4) is 0 Å². The summed E-state index contributed by atoms with van der Waals surface area (Å²) < 4.78 is 34.4. The summed E-state index contributed by atoms with van der Waals surface area (Å²) in [6.07, 6.45) is 1.07. The van der Waals surface area contributed by atoms with Crippen LogP contribution in [-0.4, -0.2) is 27.2 Å². The van der Waals surface area contributed by atoms with Crippen LogP contribution in [-0.2, 0) is 14.6 Å². The Bertz CT molecular complexity index is 1230. The fourth-order valence-corrected chi connectivity index (χ4v) is 3.81. The molecule has 3 rings (SSSR count). The van der Waals surface area contributed by atoms with Crippen molar-refractivity contribution in [1.82, 2.24) is 0 Å². The number of benzene rings is 2. The van der Waals surface area contributed by atoms with Crippen molar-refractivity contribution in [2.75, 3.05) is 18.2 Å². The van der Waals surface area contributed by atoms with Crippen LogP contribution in [0.4, 0.5) is 5.69 Å². The van der Waals surface area contributed by atoms with E-state index in [2.05, 4.69) is 5.32 Å². The van der Waals surface area contributed by atoms with Crippen LogP contribution in [0.1, 0.15) is 25.3 Å². The lowest BCUT2D eigenvalue weighted by molar-refractivity contribution is -0.118. The molecule has 0 spiro atoms. The molecule has 0 aliphatic carbocycles. The van der Waals surface area contributed by atoms with Crippen LogP contribution < -0.4 is 15.7 Å². The Morgan fingerprint density at radius 2 is 1.86 bits per heavy atom. The number of rotatable bonds is 6. The zero-order valence-electron chi connectivity index (χ0n) is 16.3. The average molecular weight is 415 g/mol. The van der Waals surface area contributed by atoms with Gasteiger partial charge in [0.25, 0.3) is 5.91 Å². The molecular formula is C21H21NO6S. The molecule has 0 saturated carbocycles. The van der Waals surface area contributed by atoms with Crippen LogP contribution in [0.5, 0.6) is 5.75 Å². The minimum Gasteiger partial charge on any atom is -0.484 e. The summed E-state index contributed by atoms with van der Waals surface area (Å²) in [6.45, 7) is 3.63. The number of para-hydroxylation sites is 1. The Morgan fingerprint density at radius 1 is 1.14 bits per heavy atom. The van der Waals surface area contributed by atoms with E-state index in [1.807, 2.05) is 13.8 Å². The Hall–Kier alpha value is -3.13. The molecule has 1 amide bonds. The fraction of sp³-hybridized carbons (Fsp3) is 0.238. The lowest BCUT2D eigenvalue weighted by Crippen LogP contribution is -2.21. The molecule has 3 aromatic rings. The summed E-state index contributed by atoms with van der Waals surface area (Å²) in [5, 5.41) is 3.35. The van der Waals surface area contributed by atoms with Crippen molar-refractivity contribution in [1.29, 1.82) is 0 Å². The van der Waals surface area contributed by atoms with Gasteiger partial charge in [-0.1, -0.05) is 26.0 Å². The van der Waals surface area contributed by atoms with Crippen molar-refractivity contribution in [3.05, 3.63) is 64.5 Å². The van der Waals surface area contributed by atoms with Gasteiger partial charge in [0.05, 0.1) is 10.6 Å². The van der Waals surface area contributed by atoms with E-state index >= 15 is 0 Å². The summed E-state index contributed by atoms with van der Waals surface area (Å²) in [6, 6.07) is 12.6. The predicted octanol–water partition coefficient (Wildman–Crippen LogP) is 3.34. The maximum absolute atomic E-state index is 12.2. The van der Waals surface area contributed by atoms with Crippen molar-refractivity contribution in [3.63, 3.8) is 0 Å². The minimum absolute atomic E-state index is 0.0297. The number of ether oxygens (including phenoxy) is 1. The third-order valence-electron chi connectivity index (χ3n) is 4.30. The molecule has 0 aliphatic rings. The SMILES string of the molecule is CC(C)c1cc(=O)oc2cc(OCC(=O)Nc3ccccc3S(C)(=O)=O)ccc12. The van der Waals surface area contributed by atoms with Gasteiger partial charge in [-0.25, -0.2) is 13.2 Å². The zero-order chi connectivity index (χ0) is 21.2. The standard InChI is InChI=1S/C21H21NO6S/c1-13(2)16-11-21(24)28-18-10-14(8-9-15(16)18)27-12-20(23)22-17-6-4-5-7-19(17)29(3,25)26/h4-11,13H,12H2,1-3H3,(H,22,23). The lowest BCUT2D eigenvalue weighted by atomic mass is 10.00. The number of carbonyl (C=O) groups is 1. The third kappa shape index (κ3) is 4.83. The molecule has 0 aliphatic heterocycles. The molecule has 0 radical (unpaired) electrons. The highest BCUT2D eigenvalue weighted by Crippen LogP contribution is 2.27. The highest BCUT2D eigenvalue weighted by atomic mass is 32.2. The van der Waals surface area contributed by atoms with Gasteiger partial charge in [0.1, 0.15) is 11.3 Å². The van der Waals surface area contributed by atoms with Crippen molar-refractivity contribution in [2.24, 2.45) is 0 Å². The molecule has 0 bridgehead atoms. The second-order valence-corrected chi connectivity index (χ2v) is 8.92. The summed E-state index contributed by atoms with van der Waals surface area (Å²) >= 11 is 0. The van der Waals surface area contributed by atoms with E-state index in [-0.39, 0.29) is 23.1 Å². The molecular weight excluding hydrogens is 394 g/mol. The van der Waals surface area contributed by atoms with Gasteiger partial charge in [-0.15, -0.1) is 0 Å². The minimum atomic E-state index is -3.48. The zero-order valence-corrected chi connectivity index (χ0v) is 17.1. The number of amides is 1. The van der Waals surface area contributed by atoms with Crippen molar-refractivity contribution >= 4 is 32.4 Å². The average Bonchev–Trinajstić information content (AvgIpc) is 2.65. The maximum atomic E-state index is 12.2. The first-order valence-corrected chi connectivity index (χ1v) is 10.8. The number of fused-ring (bicyclic) bond motifs is 1. The van der Waals surface area contributed by atoms with E-state index in [1.54, 1.807) is 30.3 Å². The van der Waals surface area contributed by atoms with Gasteiger partial charge in [-0.3, -0.25) is 4.79 Å². The van der Waals surface area contributed by atoms with Crippen molar-refractivity contribution < 1.29 is 22.4 Å². The van der Waals surface area contributed by atoms with Gasteiger partial charge < -0.3 is 14.5 Å². The van der Waals surface area contributed by atoms with Crippen LogP contribution in [0, 0.1) is 0 Å². The molecule has 0 saturated heterocycles. The van der Waals surface area contributed by atoms with Gasteiger partial charge in [0, 0.05) is 23.8 Å². The second-order valence-electron chi connectivity index (χ2n) is 6.94. The van der Waals surface area contributed by atoms with Crippen molar-refractivity contribution in [3.8, 4) is 5.75 Å². The monoisotopic (exact) mass is 415 g/mol. The lowest BCUT2D eigenvalue weighted by Gasteiger charge is -2.12. The third-order valence-corrected chi connectivity index (χ3v) is 5.46. The van der Waals surface area contributed by atoms with Crippen molar-refractivity contribution in [2.45, 2.75) is 24.7 Å². The van der Waals surface area contributed by atoms with E-state index in [9.17, 15) is 18.0 Å². The van der Waals surface area contributed by atoms with E-state index in [1.165, 1.54) is 18.2 Å². The Morgan fingerprint density at radius 3 is 2.55 bits per heavy atom. The van der Waals surface area contributed by atoms with Crippen LogP contribution >= 0.6 is 0 Å². The first-order valence-electron chi connectivity index (χ1n) is 8.94. The molecule has 29 heavy (non-hydrogen) atoms. The normalized spacial score (nSPS) is 11.6. The first-order chi connectivity index (χ1) is 13.6. The van der Waals surface area contributed by atoms with Crippen LogP contribution in [0.15, 0.2) is 62.6 Å². The molecule has 7 nitrogen and oxygen atoms in total. The molecule has 1 N–H and O–H groups in total. The van der Waals surface area contributed by atoms with E-state index < -0.39 is 21.4 Å². The molecule has 152 valence electrons. The van der Waals surface area contributed by atoms with E-state index in [0.717, 1.165) is 17.2 Å². The topological polar surface area (TPSA) is 103 Å². The van der Waals surface area contributed by atoms with Gasteiger partial charge in [0.15, 0.2) is 16.4 Å². The van der Waals surface area contributed by atoms with Crippen LogP contribution in [0.2, 0.25) is 0 Å². The molecule has 1 aromatic heterocycles. The molecule has 2 aromatic carbocycles. The summed E-state index contributed by atoms with van der Waals surface area (Å²) in [5.74, 6) is -0.0132. The molecule has 0 unspecified atom stereocenters. The summed E-state index contributed by atoms with van der Waals surface area (Å²) in [7, 11) is -3.48. The van der Waals surface area contributed by atoms with E-state index in [0.29, 0.717) is 11.3 Å². The van der Waals surface area contributed by atoms with Gasteiger partial charge in [-0.2, -0.15) is 0 Å². The highest BCUT2D eigenvalue weighted by molar-refractivity contribution is 7.90. The Balaban J connectivity index is 1.76. The molecule has 0 fully saturated rings. The smallest absolute Gasteiger partial charge is 0.336 e. The summed E-state index contributed by atoms with van der Waals surface area (Å²) in [5.41, 5.74) is 0.989. The van der Waals surface area contributed by atoms with E-state index in [4.69, 9.17) is 9.15 Å². The maximum Gasteiger partial charge on any atom is 0.336 e. The van der Waals surface area contributed by atoms with Gasteiger partial charge in [-0.05, 0) is 35.7 Å². The predicted molar refractivity (Wildman–Crippen MR) is 110 cm³/mol. The van der Waals surface area contributed by atoms with Gasteiger partial charge in [0.2, 0.25) is 0 Å². The number of anilines is 1. The first kappa shape index (κ1) is 20.6. The summed E-state index contributed by atoms with van der Waals surface area (Å²) in [4.78, 5) is 24.0. The number of nitrogens with one attached hydrogen (secondary N) is 1. The molecule has 0 atom stereocenters.